The number of benzene rings is 1. The number of hydrogen-bond acceptors (Lipinski definition) is 2. The Hall–Kier alpha value is -1.35. The first kappa shape index (κ1) is 13.3. The fourth-order valence-electron chi connectivity index (χ4n) is 4.19. The molecule has 0 atom stereocenters. The lowest BCUT2D eigenvalue weighted by molar-refractivity contribution is -0.124. The van der Waals surface area contributed by atoms with Crippen molar-refractivity contribution in [3.05, 3.63) is 29.8 Å². The van der Waals surface area contributed by atoms with Crippen molar-refractivity contribution in [2.24, 2.45) is 0 Å². The van der Waals surface area contributed by atoms with Crippen LogP contribution in [-0.2, 0) is 10.2 Å². The highest BCUT2D eigenvalue weighted by atomic mass is 16.3. The van der Waals surface area contributed by atoms with Gasteiger partial charge < -0.3 is 10.0 Å². The minimum absolute atomic E-state index is 0.107. The molecule has 4 rings (SSSR count). The number of carbonyl (C=O) groups is 1. The van der Waals surface area contributed by atoms with Gasteiger partial charge in [0.25, 0.3) is 0 Å². The van der Waals surface area contributed by atoms with Gasteiger partial charge in [-0.25, -0.2) is 0 Å². The van der Waals surface area contributed by atoms with E-state index in [1.54, 1.807) is 0 Å². The van der Waals surface area contributed by atoms with Crippen molar-refractivity contribution in [2.45, 2.75) is 62.4 Å². The van der Waals surface area contributed by atoms with Gasteiger partial charge in [-0.05, 0) is 37.3 Å². The lowest BCUT2D eigenvalue weighted by Gasteiger charge is -2.33. The van der Waals surface area contributed by atoms with Crippen molar-refractivity contribution in [1.29, 1.82) is 0 Å². The molecule has 1 amide bonds. The van der Waals surface area contributed by atoms with Crippen molar-refractivity contribution in [2.75, 3.05) is 11.4 Å². The SMILES string of the molecule is O=C(CC1(O)CCCCC1)N1CC2(CC2)c2ccccc21. The average Bonchev–Trinajstić information content (AvgIpc) is 3.17. The summed E-state index contributed by atoms with van der Waals surface area (Å²) in [4.78, 5) is 14.7. The molecule has 1 aromatic rings. The summed E-state index contributed by atoms with van der Waals surface area (Å²) in [6.07, 6.45) is 7.51. The number of aliphatic hydroxyl groups is 1. The average molecular weight is 285 g/mol. The van der Waals surface area contributed by atoms with Crippen LogP contribution in [0.15, 0.2) is 24.3 Å². The number of carbonyl (C=O) groups excluding carboxylic acids is 1. The van der Waals surface area contributed by atoms with Gasteiger partial charge in [0.05, 0.1) is 12.0 Å². The predicted octanol–water partition coefficient (Wildman–Crippen LogP) is 3.15. The fraction of sp³-hybridized carbons (Fsp3) is 0.611. The zero-order chi connectivity index (χ0) is 14.5. The molecule has 2 saturated carbocycles. The van der Waals surface area contributed by atoms with E-state index in [0.717, 1.165) is 37.9 Å². The lowest BCUT2D eigenvalue weighted by atomic mass is 9.82. The summed E-state index contributed by atoms with van der Waals surface area (Å²) in [6.45, 7) is 0.821. The van der Waals surface area contributed by atoms with Gasteiger partial charge >= 0.3 is 0 Å². The third-order valence-electron chi connectivity index (χ3n) is 5.65. The summed E-state index contributed by atoms with van der Waals surface area (Å²) < 4.78 is 0. The third kappa shape index (κ3) is 2.18. The molecule has 2 fully saturated rings. The van der Waals surface area contributed by atoms with Crippen LogP contribution in [0, 0.1) is 0 Å². The van der Waals surface area contributed by atoms with Crippen molar-refractivity contribution in [3.8, 4) is 0 Å². The number of fused-ring (bicyclic) bond motifs is 2. The highest BCUT2D eigenvalue weighted by Gasteiger charge is 2.53. The van der Waals surface area contributed by atoms with Gasteiger partial charge in [-0.2, -0.15) is 0 Å². The van der Waals surface area contributed by atoms with Crippen molar-refractivity contribution >= 4 is 11.6 Å². The molecule has 112 valence electrons. The number of rotatable bonds is 2. The number of anilines is 1. The van der Waals surface area contributed by atoms with Crippen LogP contribution < -0.4 is 4.90 Å². The van der Waals surface area contributed by atoms with Crippen LogP contribution in [0.2, 0.25) is 0 Å². The molecule has 21 heavy (non-hydrogen) atoms. The van der Waals surface area contributed by atoms with E-state index in [2.05, 4.69) is 18.2 Å². The molecule has 1 heterocycles. The lowest BCUT2D eigenvalue weighted by Crippen LogP contribution is -2.40. The van der Waals surface area contributed by atoms with E-state index in [1.807, 2.05) is 11.0 Å². The molecule has 1 aromatic carbocycles. The van der Waals surface area contributed by atoms with E-state index in [-0.39, 0.29) is 17.7 Å². The van der Waals surface area contributed by atoms with E-state index in [9.17, 15) is 9.90 Å². The first-order chi connectivity index (χ1) is 10.1. The molecule has 2 aliphatic carbocycles. The predicted molar refractivity (Wildman–Crippen MR) is 82.4 cm³/mol. The molecule has 1 N–H and O–H groups in total. The van der Waals surface area contributed by atoms with E-state index in [0.29, 0.717) is 0 Å². The maximum absolute atomic E-state index is 12.8. The second-order valence-corrected chi connectivity index (χ2v) is 7.24. The zero-order valence-corrected chi connectivity index (χ0v) is 12.5. The second kappa shape index (κ2) is 4.57. The summed E-state index contributed by atoms with van der Waals surface area (Å²) in [7, 11) is 0. The summed E-state index contributed by atoms with van der Waals surface area (Å²) >= 11 is 0. The van der Waals surface area contributed by atoms with Gasteiger partial charge in [0.15, 0.2) is 0 Å². The molecule has 0 radical (unpaired) electrons. The molecule has 0 saturated heterocycles. The Morgan fingerprint density at radius 1 is 1.10 bits per heavy atom. The topological polar surface area (TPSA) is 40.5 Å². The smallest absolute Gasteiger partial charge is 0.229 e. The van der Waals surface area contributed by atoms with Gasteiger partial charge in [-0.1, -0.05) is 37.5 Å². The van der Waals surface area contributed by atoms with E-state index in [1.165, 1.54) is 24.8 Å². The quantitative estimate of drug-likeness (QED) is 0.907. The molecular formula is C18H23NO2. The van der Waals surface area contributed by atoms with Crippen LogP contribution in [0.25, 0.3) is 0 Å². The Morgan fingerprint density at radius 2 is 1.81 bits per heavy atom. The molecular weight excluding hydrogens is 262 g/mol. The Balaban J connectivity index is 1.56. The molecule has 3 aliphatic rings. The van der Waals surface area contributed by atoms with Crippen LogP contribution >= 0.6 is 0 Å². The van der Waals surface area contributed by atoms with Crippen LogP contribution in [0.4, 0.5) is 5.69 Å². The molecule has 1 spiro atoms. The standard InChI is InChI=1S/C18H23NO2/c20-16(12-18(21)8-4-1-5-9-18)19-13-17(10-11-17)14-6-2-3-7-15(14)19/h2-3,6-7,21H,1,4-5,8-13H2. The maximum atomic E-state index is 12.8. The van der Waals surface area contributed by atoms with Crippen LogP contribution in [0.3, 0.4) is 0 Å². The first-order valence-electron chi connectivity index (χ1n) is 8.24. The Bertz CT molecular complexity index is 570. The fourth-order valence-corrected chi connectivity index (χ4v) is 4.19. The van der Waals surface area contributed by atoms with Crippen molar-refractivity contribution in [3.63, 3.8) is 0 Å². The minimum atomic E-state index is -0.760. The molecule has 0 aromatic heterocycles. The summed E-state index contributed by atoms with van der Waals surface area (Å²) in [6, 6.07) is 8.31. The van der Waals surface area contributed by atoms with E-state index >= 15 is 0 Å². The third-order valence-corrected chi connectivity index (χ3v) is 5.65. The zero-order valence-electron chi connectivity index (χ0n) is 12.5. The summed E-state index contributed by atoms with van der Waals surface area (Å²) in [5.74, 6) is 0.107. The Labute approximate surface area is 126 Å². The van der Waals surface area contributed by atoms with E-state index in [4.69, 9.17) is 0 Å². The number of amides is 1. The normalized spacial score (nSPS) is 24.9. The number of nitrogens with zero attached hydrogens (tertiary/aromatic N) is 1. The minimum Gasteiger partial charge on any atom is -0.389 e. The van der Waals surface area contributed by atoms with Crippen molar-refractivity contribution in [1.82, 2.24) is 0 Å². The van der Waals surface area contributed by atoms with Gasteiger partial charge in [-0.3, -0.25) is 4.79 Å². The monoisotopic (exact) mass is 285 g/mol. The Kier molecular flexibility index (Phi) is 2.90. The van der Waals surface area contributed by atoms with Crippen LogP contribution in [0.1, 0.15) is 56.9 Å². The largest absolute Gasteiger partial charge is 0.389 e. The number of hydrogen-bond donors (Lipinski definition) is 1. The Morgan fingerprint density at radius 3 is 2.52 bits per heavy atom. The van der Waals surface area contributed by atoms with Gasteiger partial charge in [0.1, 0.15) is 0 Å². The van der Waals surface area contributed by atoms with Crippen LogP contribution in [0.5, 0.6) is 0 Å². The molecule has 3 nitrogen and oxygen atoms in total. The summed E-state index contributed by atoms with van der Waals surface area (Å²) in [5.41, 5.74) is 1.90. The van der Waals surface area contributed by atoms with E-state index < -0.39 is 5.60 Å². The van der Waals surface area contributed by atoms with Gasteiger partial charge in [0, 0.05) is 17.6 Å². The second-order valence-electron chi connectivity index (χ2n) is 7.24. The highest BCUT2D eigenvalue weighted by Crippen LogP contribution is 2.56. The molecule has 3 heteroatoms. The summed E-state index contributed by atoms with van der Waals surface area (Å²) in [5, 5.41) is 10.6. The van der Waals surface area contributed by atoms with Crippen LogP contribution in [-0.4, -0.2) is 23.2 Å². The van der Waals surface area contributed by atoms with Gasteiger partial charge in [0.2, 0.25) is 5.91 Å². The maximum Gasteiger partial charge on any atom is 0.229 e. The van der Waals surface area contributed by atoms with Crippen molar-refractivity contribution < 1.29 is 9.90 Å². The molecule has 0 bridgehead atoms. The van der Waals surface area contributed by atoms with Gasteiger partial charge in [-0.15, -0.1) is 0 Å². The first-order valence-corrected chi connectivity index (χ1v) is 8.24. The molecule has 0 unspecified atom stereocenters. The highest BCUT2D eigenvalue weighted by molar-refractivity contribution is 5.97. The number of para-hydroxylation sites is 1. The molecule has 1 aliphatic heterocycles.